The van der Waals surface area contributed by atoms with Gasteiger partial charge in [-0.1, -0.05) is 11.6 Å². The molecule has 1 fully saturated rings. The van der Waals surface area contributed by atoms with Gasteiger partial charge < -0.3 is 9.47 Å². The fraction of sp³-hybridized carbons (Fsp3) is 0.250. The zero-order valence-electron chi connectivity index (χ0n) is 16.1. The molecule has 5 rings (SSSR count). The predicted octanol–water partition coefficient (Wildman–Crippen LogP) is 3.66. The summed E-state index contributed by atoms with van der Waals surface area (Å²) < 4.78 is 26.5. The number of halogens is 2. The van der Waals surface area contributed by atoms with Crippen molar-refractivity contribution in [3.05, 3.63) is 59.0 Å². The summed E-state index contributed by atoms with van der Waals surface area (Å²) in [6.45, 7) is 0. The van der Waals surface area contributed by atoms with Gasteiger partial charge in [0.05, 0.1) is 36.2 Å². The number of nitrogens with zero attached hydrogens (tertiary/aromatic N) is 6. The lowest BCUT2D eigenvalue weighted by Crippen LogP contribution is -2.03. The minimum atomic E-state index is -0.395. The molecule has 2 atom stereocenters. The van der Waals surface area contributed by atoms with Gasteiger partial charge >= 0.3 is 6.01 Å². The third-order valence-corrected chi connectivity index (χ3v) is 5.36. The highest BCUT2D eigenvalue weighted by Crippen LogP contribution is 2.55. The van der Waals surface area contributed by atoms with Gasteiger partial charge in [0, 0.05) is 36.3 Å². The second kappa shape index (κ2) is 7.17. The minimum absolute atomic E-state index is 0.0490. The maximum absolute atomic E-state index is 14.4. The summed E-state index contributed by atoms with van der Waals surface area (Å²) in [4.78, 5) is 17.0. The second-order valence-electron chi connectivity index (χ2n) is 6.93. The summed E-state index contributed by atoms with van der Waals surface area (Å²) in [5.74, 6) is -0.0385. The molecule has 0 aliphatic heterocycles. The second-order valence-corrected chi connectivity index (χ2v) is 7.37. The van der Waals surface area contributed by atoms with Crippen LogP contribution in [-0.4, -0.2) is 43.8 Å². The van der Waals surface area contributed by atoms with Crippen molar-refractivity contribution in [2.75, 3.05) is 14.2 Å². The van der Waals surface area contributed by atoms with Crippen LogP contribution in [-0.2, 0) is 0 Å². The number of aromatic nitrogens is 6. The van der Waals surface area contributed by atoms with Crippen LogP contribution in [0, 0.1) is 5.82 Å². The van der Waals surface area contributed by atoms with E-state index in [0.29, 0.717) is 28.5 Å². The molecule has 0 amide bonds. The van der Waals surface area contributed by atoms with E-state index in [2.05, 4.69) is 25.0 Å². The van der Waals surface area contributed by atoms with Crippen LogP contribution in [0.1, 0.15) is 29.5 Å². The lowest BCUT2D eigenvalue weighted by Gasteiger charge is -2.10. The van der Waals surface area contributed by atoms with Crippen LogP contribution in [0.4, 0.5) is 4.39 Å². The number of methoxy groups -OCH3 is 2. The van der Waals surface area contributed by atoms with Crippen molar-refractivity contribution in [3.8, 4) is 23.1 Å². The average Bonchev–Trinajstić information content (AvgIpc) is 3.39. The van der Waals surface area contributed by atoms with Crippen LogP contribution in [0.3, 0.4) is 0 Å². The normalized spacial score (nSPS) is 17.9. The molecule has 0 aromatic carbocycles. The average molecular weight is 427 g/mol. The number of hydrogen-bond donors (Lipinski definition) is 0. The standard InChI is InChI=1S/C20H16ClFN6O2/c1-29-19-14(9-25-20(26-19)30-2)16-7-13(18-23-3-4-28(18)27-16)11-6-12(11)17-15(22)5-10(21)8-24-17/h3-5,7-9,11-12H,6H2,1-2H3/t11?,12-/m0/s1. The molecule has 4 aromatic rings. The largest absolute Gasteiger partial charge is 0.480 e. The van der Waals surface area contributed by atoms with Crippen LogP contribution in [0.2, 0.25) is 5.02 Å². The van der Waals surface area contributed by atoms with Crippen molar-refractivity contribution < 1.29 is 13.9 Å². The molecule has 30 heavy (non-hydrogen) atoms. The van der Waals surface area contributed by atoms with Crippen molar-refractivity contribution in [2.24, 2.45) is 0 Å². The zero-order chi connectivity index (χ0) is 20.8. The number of hydrogen-bond acceptors (Lipinski definition) is 7. The summed E-state index contributed by atoms with van der Waals surface area (Å²) in [5, 5.41) is 4.89. The van der Waals surface area contributed by atoms with Gasteiger partial charge in [-0.2, -0.15) is 10.1 Å². The van der Waals surface area contributed by atoms with Crippen molar-refractivity contribution >= 4 is 17.2 Å². The highest BCUT2D eigenvalue weighted by Gasteiger charge is 2.44. The first-order chi connectivity index (χ1) is 14.6. The number of pyridine rings is 1. The minimum Gasteiger partial charge on any atom is -0.480 e. The first-order valence-corrected chi connectivity index (χ1v) is 9.57. The molecule has 0 spiro atoms. The Labute approximate surface area is 175 Å². The molecule has 1 unspecified atom stereocenters. The van der Waals surface area contributed by atoms with E-state index in [1.165, 1.54) is 26.5 Å². The summed E-state index contributed by atoms with van der Waals surface area (Å²) in [5.41, 5.74) is 3.31. The smallest absolute Gasteiger partial charge is 0.319 e. The molecule has 0 saturated heterocycles. The topological polar surface area (TPSA) is 87.3 Å². The number of fused-ring (bicyclic) bond motifs is 1. The molecule has 4 heterocycles. The van der Waals surface area contributed by atoms with Crippen LogP contribution in [0.5, 0.6) is 11.9 Å². The molecule has 0 radical (unpaired) electrons. The summed E-state index contributed by atoms with van der Waals surface area (Å²) in [7, 11) is 3.01. The zero-order valence-corrected chi connectivity index (χ0v) is 16.8. The van der Waals surface area contributed by atoms with Gasteiger partial charge in [-0.05, 0) is 24.5 Å². The maximum Gasteiger partial charge on any atom is 0.319 e. The van der Waals surface area contributed by atoms with Gasteiger partial charge in [-0.15, -0.1) is 0 Å². The quantitative estimate of drug-likeness (QED) is 0.481. The van der Waals surface area contributed by atoms with E-state index < -0.39 is 5.82 Å². The highest BCUT2D eigenvalue weighted by atomic mass is 35.5. The van der Waals surface area contributed by atoms with Gasteiger partial charge in [0.15, 0.2) is 5.65 Å². The molecule has 0 bridgehead atoms. The summed E-state index contributed by atoms with van der Waals surface area (Å²) >= 11 is 5.84. The Kier molecular flexibility index (Phi) is 4.47. The molecular formula is C20H16ClFN6O2. The Bertz CT molecular complexity index is 1260. The molecule has 8 nitrogen and oxygen atoms in total. The van der Waals surface area contributed by atoms with Gasteiger partial charge in [-0.3, -0.25) is 4.98 Å². The van der Waals surface area contributed by atoms with Crippen LogP contribution >= 0.6 is 11.6 Å². The van der Waals surface area contributed by atoms with Gasteiger partial charge in [0.1, 0.15) is 5.82 Å². The Morgan fingerprint density at radius 2 is 1.97 bits per heavy atom. The van der Waals surface area contributed by atoms with Gasteiger partial charge in [0.25, 0.3) is 0 Å². The van der Waals surface area contributed by atoms with Crippen molar-refractivity contribution in [2.45, 2.75) is 18.3 Å². The first kappa shape index (κ1) is 18.7. The van der Waals surface area contributed by atoms with Gasteiger partial charge in [0.2, 0.25) is 5.88 Å². The lowest BCUT2D eigenvalue weighted by molar-refractivity contribution is 0.353. The monoisotopic (exact) mass is 426 g/mol. The van der Waals surface area contributed by atoms with Crippen LogP contribution in [0.15, 0.2) is 36.9 Å². The molecule has 1 saturated carbocycles. The molecule has 1 aliphatic rings. The molecule has 0 N–H and O–H groups in total. The third-order valence-electron chi connectivity index (χ3n) is 5.15. The number of rotatable bonds is 5. The first-order valence-electron chi connectivity index (χ1n) is 9.19. The van der Waals surface area contributed by atoms with E-state index in [1.54, 1.807) is 23.1 Å². The van der Waals surface area contributed by atoms with Crippen molar-refractivity contribution in [1.82, 2.24) is 29.5 Å². The lowest BCUT2D eigenvalue weighted by atomic mass is 10.1. The molecule has 4 aromatic heterocycles. The fourth-order valence-corrected chi connectivity index (χ4v) is 3.81. The Morgan fingerprint density at radius 3 is 2.73 bits per heavy atom. The van der Waals surface area contributed by atoms with Crippen molar-refractivity contribution in [1.29, 1.82) is 0 Å². The summed E-state index contributed by atoms with van der Waals surface area (Å²) in [6, 6.07) is 3.42. The van der Waals surface area contributed by atoms with Crippen molar-refractivity contribution in [3.63, 3.8) is 0 Å². The summed E-state index contributed by atoms with van der Waals surface area (Å²) in [6.07, 6.45) is 7.27. The van der Waals surface area contributed by atoms with E-state index in [0.717, 1.165) is 12.0 Å². The number of ether oxygens (including phenoxy) is 2. The van der Waals surface area contributed by atoms with Crippen LogP contribution in [0.25, 0.3) is 16.9 Å². The van der Waals surface area contributed by atoms with E-state index >= 15 is 0 Å². The van der Waals surface area contributed by atoms with E-state index in [4.69, 9.17) is 21.1 Å². The third kappa shape index (κ3) is 3.11. The highest BCUT2D eigenvalue weighted by molar-refractivity contribution is 6.30. The Hall–Kier alpha value is -3.33. The number of imidazole rings is 1. The molecule has 152 valence electrons. The maximum atomic E-state index is 14.4. The fourth-order valence-electron chi connectivity index (χ4n) is 3.67. The van der Waals surface area contributed by atoms with Crippen LogP contribution < -0.4 is 9.47 Å². The van der Waals surface area contributed by atoms with E-state index in [1.807, 2.05) is 6.07 Å². The molecule has 1 aliphatic carbocycles. The SMILES string of the molecule is COc1ncc(-c2cc(C3C[C@@H]3c3ncc(Cl)cc3F)c3nccn3n2)c(OC)n1. The van der Waals surface area contributed by atoms with E-state index in [-0.39, 0.29) is 22.9 Å². The Balaban J connectivity index is 1.58. The molecular weight excluding hydrogens is 411 g/mol. The Morgan fingerprint density at radius 1 is 1.10 bits per heavy atom. The van der Waals surface area contributed by atoms with Gasteiger partial charge in [-0.25, -0.2) is 18.9 Å². The molecule has 10 heteroatoms. The van der Waals surface area contributed by atoms with E-state index in [9.17, 15) is 4.39 Å². The predicted molar refractivity (Wildman–Crippen MR) is 106 cm³/mol.